The third-order valence-electron chi connectivity index (χ3n) is 4.83. The molecular formula is C24H24N4O3S. The molecule has 0 fully saturated rings. The summed E-state index contributed by atoms with van der Waals surface area (Å²) >= 11 is 1.34. The zero-order valence-electron chi connectivity index (χ0n) is 18.2. The predicted octanol–water partition coefficient (Wildman–Crippen LogP) is 5.07. The van der Waals surface area contributed by atoms with Crippen LogP contribution in [0, 0.1) is 13.8 Å². The third-order valence-corrected chi connectivity index (χ3v) is 6.00. The van der Waals surface area contributed by atoms with Crippen LogP contribution < -0.4 is 10.1 Å². The van der Waals surface area contributed by atoms with Crippen molar-refractivity contribution in [2.24, 2.45) is 0 Å². The first-order chi connectivity index (χ1) is 15.5. The van der Waals surface area contributed by atoms with Gasteiger partial charge in [-0.15, -0.1) is 11.3 Å². The number of fused-ring (bicyclic) bond motifs is 1. The highest BCUT2D eigenvalue weighted by Crippen LogP contribution is 2.34. The normalized spacial score (nSPS) is 10.8. The van der Waals surface area contributed by atoms with E-state index in [4.69, 9.17) is 9.47 Å². The number of hydrogen-bond donors (Lipinski definition) is 1. The fraction of sp³-hybridized carbons (Fsp3) is 0.250. The van der Waals surface area contributed by atoms with Gasteiger partial charge in [-0.1, -0.05) is 18.2 Å². The van der Waals surface area contributed by atoms with Crippen molar-refractivity contribution in [2.75, 3.05) is 11.9 Å². The van der Waals surface area contributed by atoms with Gasteiger partial charge in [0.05, 0.1) is 17.7 Å². The van der Waals surface area contributed by atoms with E-state index in [1.54, 1.807) is 13.1 Å². The highest BCUT2D eigenvalue weighted by molar-refractivity contribution is 7.20. The van der Waals surface area contributed by atoms with Crippen LogP contribution in [0.3, 0.4) is 0 Å². The molecule has 1 N–H and O–H groups in total. The molecule has 0 radical (unpaired) electrons. The van der Waals surface area contributed by atoms with Gasteiger partial charge in [-0.25, -0.2) is 14.8 Å². The van der Waals surface area contributed by atoms with E-state index in [0.29, 0.717) is 36.3 Å². The van der Waals surface area contributed by atoms with Crippen molar-refractivity contribution in [2.45, 2.75) is 33.9 Å². The monoisotopic (exact) mass is 448 g/mol. The van der Waals surface area contributed by atoms with Gasteiger partial charge in [0, 0.05) is 12.7 Å². The van der Waals surface area contributed by atoms with Crippen LogP contribution in [0.25, 0.3) is 10.2 Å². The van der Waals surface area contributed by atoms with Gasteiger partial charge in [-0.2, -0.15) is 0 Å². The van der Waals surface area contributed by atoms with E-state index in [0.717, 1.165) is 32.8 Å². The molecule has 7 nitrogen and oxygen atoms in total. The molecule has 0 saturated carbocycles. The largest absolute Gasteiger partial charge is 0.487 e. The predicted molar refractivity (Wildman–Crippen MR) is 125 cm³/mol. The van der Waals surface area contributed by atoms with Crippen LogP contribution in [0.15, 0.2) is 48.7 Å². The van der Waals surface area contributed by atoms with Crippen LogP contribution in [0.5, 0.6) is 5.75 Å². The van der Waals surface area contributed by atoms with E-state index in [9.17, 15) is 4.79 Å². The summed E-state index contributed by atoms with van der Waals surface area (Å²) in [5.41, 5.74) is 2.75. The number of aryl methyl sites for hydroxylation is 2. The van der Waals surface area contributed by atoms with E-state index in [2.05, 4.69) is 20.3 Å². The molecule has 3 heterocycles. The number of esters is 1. The van der Waals surface area contributed by atoms with Crippen LogP contribution >= 0.6 is 11.3 Å². The number of ether oxygens (including phenoxy) is 2. The number of carbonyl (C=O) groups excluding carboxylic acids is 1. The summed E-state index contributed by atoms with van der Waals surface area (Å²) in [4.78, 5) is 27.0. The van der Waals surface area contributed by atoms with E-state index >= 15 is 0 Å². The number of anilines is 1. The van der Waals surface area contributed by atoms with Crippen molar-refractivity contribution in [3.63, 3.8) is 0 Å². The number of nitrogens with one attached hydrogen (secondary N) is 1. The van der Waals surface area contributed by atoms with Gasteiger partial charge >= 0.3 is 5.97 Å². The second-order valence-electron chi connectivity index (χ2n) is 7.19. The Kier molecular flexibility index (Phi) is 6.61. The van der Waals surface area contributed by atoms with Gasteiger partial charge in [0.15, 0.2) is 0 Å². The Morgan fingerprint density at radius 2 is 2.00 bits per heavy atom. The van der Waals surface area contributed by atoms with Crippen LogP contribution in [0.4, 0.5) is 5.82 Å². The molecule has 0 aliphatic heterocycles. The standard InChI is InChI=1S/C24H24N4O3S/c1-4-30-24(29)21-15(2)20-22(27-16(3)28-23(20)32-21)26-13-17-8-7-10-19(12-17)31-14-18-9-5-6-11-25-18/h5-12H,4,13-14H2,1-3H3,(H,26,27,28). The summed E-state index contributed by atoms with van der Waals surface area (Å²) in [6.07, 6.45) is 1.75. The molecule has 8 heteroatoms. The number of pyridine rings is 1. The maximum absolute atomic E-state index is 12.3. The molecule has 4 aromatic rings. The Balaban J connectivity index is 1.52. The number of benzene rings is 1. The van der Waals surface area contributed by atoms with Crippen LogP contribution in [-0.2, 0) is 17.9 Å². The number of aromatic nitrogens is 3. The number of rotatable bonds is 8. The molecule has 3 aromatic heterocycles. The van der Waals surface area contributed by atoms with Crippen LogP contribution in [-0.4, -0.2) is 27.5 Å². The average Bonchev–Trinajstić information content (AvgIpc) is 3.13. The number of hydrogen-bond acceptors (Lipinski definition) is 8. The first kappa shape index (κ1) is 21.7. The van der Waals surface area contributed by atoms with E-state index < -0.39 is 0 Å². The molecule has 0 atom stereocenters. The third kappa shape index (κ3) is 4.86. The molecule has 4 rings (SSSR count). The summed E-state index contributed by atoms with van der Waals surface area (Å²) in [5.74, 6) is 1.80. The van der Waals surface area contributed by atoms with E-state index in [-0.39, 0.29) is 5.97 Å². The van der Waals surface area contributed by atoms with Gasteiger partial charge in [-0.3, -0.25) is 4.98 Å². The smallest absolute Gasteiger partial charge is 0.348 e. The molecule has 32 heavy (non-hydrogen) atoms. The van der Waals surface area contributed by atoms with Crippen LogP contribution in [0.1, 0.15) is 39.2 Å². The lowest BCUT2D eigenvalue weighted by Crippen LogP contribution is -2.05. The molecular weight excluding hydrogens is 424 g/mol. The number of nitrogens with zero attached hydrogens (tertiary/aromatic N) is 3. The topological polar surface area (TPSA) is 86.2 Å². The Bertz CT molecular complexity index is 1240. The van der Waals surface area contributed by atoms with Crippen molar-refractivity contribution in [3.8, 4) is 5.75 Å². The van der Waals surface area contributed by atoms with Crippen molar-refractivity contribution in [1.29, 1.82) is 0 Å². The fourth-order valence-electron chi connectivity index (χ4n) is 3.34. The SMILES string of the molecule is CCOC(=O)c1sc2nc(C)nc(NCc3cccc(OCc4ccccn4)c3)c2c1C. The molecule has 0 unspecified atom stereocenters. The lowest BCUT2D eigenvalue weighted by molar-refractivity contribution is 0.0531. The number of thiophene rings is 1. The lowest BCUT2D eigenvalue weighted by atomic mass is 10.2. The van der Waals surface area contributed by atoms with Gasteiger partial charge in [0.2, 0.25) is 0 Å². The molecule has 0 saturated heterocycles. The quantitative estimate of drug-likeness (QED) is 0.377. The zero-order chi connectivity index (χ0) is 22.5. The van der Waals surface area contributed by atoms with Gasteiger partial charge in [0.25, 0.3) is 0 Å². The van der Waals surface area contributed by atoms with Crippen molar-refractivity contribution in [1.82, 2.24) is 15.0 Å². The average molecular weight is 449 g/mol. The molecule has 0 aliphatic rings. The molecule has 1 aromatic carbocycles. The summed E-state index contributed by atoms with van der Waals surface area (Å²) in [6, 6.07) is 13.7. The number of carbonyl (C=O) groups is 1. The first-order valence-electron chi connectivity index (χ1n) is 10.4. The minimum absolute atomic E-state index is 0.325. The summed E-state index contributed by atoms with van der Waals surface area (Å²) in [5, 5.41) is 4.26. The maximum atomic E-state index is 12.3. The minimum atomic E-state index is -0.325. The Labute approximate surface area is 190 Å². The van der Waals surface area contributed by atoms with Gasteiger partial charge < -0.3 is 14.8 Å². The van der Waals surface area contributed by atoms with E-state index in [1.807, 2.05) is 56.3 Å². The second-order valence-corrected chi connectivity index (χ2v) is 8.19. The van der Waals surface area contributed by atoms with Gasteiger partial charge in [-0.05, 0) is 56.2 Å². The molecule has 0 spiro atoms. The van der Waals surface area contributed by atoms with Crippen molar-refractivity contribution < 1.29 is 14.3 Å². The molecule has 0 aliphatic carbocycles. The van der Waals surface area contributed by atoms with E-state index in [1.165, 1.54) is 11.3 Å². The highest BCUT2D eigenvalue weighted by Gasteiger charge is 2.20. The Morgan fingerprint density at radius 3 is 2.78 bits per heavy atom. The molecule has 164 valence electrons. The molecule has 0 amide bonds. The van der Waals surface area contributed by atoms with Gasteiger partial charge in [0.1, 0.15) is 33.7 Å². The fourth-order valence-corrected chi connectivity index (χ4v) is 4.46. The highest BCUT2D eigenvalue weighted by atomic mass is 32.1. The van der Waals surface area contributed by atoms with Crippen LogP contribution in [0.2, 0.25) is 0 Å². The summed E-state index contributed by atoms with van der Waals surface area (Å²) in [6.45, 7) is 6.84. The molecule has 0 bridgehead atoms. The maximum Gasteiger partial charge on any atom is 0.348 e. The minimum Gasteiger partial charge on any atom is -0.487 e. The zero-order valence-corrected chi connectivity index (χ0v) is 19.0. The van der Waals surface area contributed by atoms with Crippen molar-refractivity contribution in [3.05, 3.63) is 76.2 Å². The lowest BCUT2D eigenvalue weighted by Gasteiger charge is -2.11. The second kappa shape index (κ2) is 9.74. The summed E-state index contributed by atoms with van der Waals surface area (Å²) in [7, 11) is 0. The first-order valence-corrected chi connectivity index (χ1v) is 11.2. The Morgan fingerprint density at radius 1 is 1.12 bits per heavy atom. The summed E-state index contributed by atoms with van der Waals surface area (Å²) < 4.78 is 11.1. The Hall–Kier alpha value is -3.52. The van der Waals surface area contributed by atoms with Crippen molar-refractivity contribution >= 4 is 33.3 Å².